The van der Waals surface area contributed by atoms with E-state index in [1.807, 2.05) is 13.8 Å². The Bertz CT molecular complexity index is 878. The van der Waals surface area contributed by atoms with Gasteiger partial charge in [0.1, 0.15) is 11.9 Å². The van der Waals surface area contributed by atoms with Crippen LogP contribution in [0.2, 0.25) is 0 Å². The molecule has 0 saturated heterocycles. The van der Waals surface area contributed by atoms with Crippen LogP contribution in [0.25, 0.3) is 0 Å². The second-order valence-electron chi connectivity index (χ2n) is 7.67. The summed E-state index contributed by atoms with van der Waals surface area (Å²) < 4.78 is 46.3. The molecule has 2 atom stereocenters. The van der Waals surface area contributed by atoms with Gasteiger partial charge in [-0.15, -0.1) is 0 Å². The lowest BCUT2D eigenvalue weighted by Crippen LogP contribution is -2.42. The topological polar surface area (TPSA) is 49.8 Å². The van der Waals surface area contributed by atoms with E-state index < -0.39 is 29.7 Å². The normalized spacial score (nSPS) is 19.9. The minimum Gasteiger partial charge on any atom is -0.497 e. The zero-order valence-electron chi connectivity index (χ0n) is 16.5. The van der Waals surface area contributed by atoms with Crippen LogP contribution in [-0.2, 0) is 17.4 Å². The molecule has 7 heteroatoms. The number of anilines is 1. The fourth-order valence-electron chi connectivity index (χ4n) is 3.79. The molecule has 0 saturated carbocycles. The van der Waals surface area contributed by atoms with Gasteiger partial charge in [-0.2, -0.15) is 13.2 Å². The second-order valence-corrected chi connectivity index (χ2v) is 7.67. The molecule has 0 fully saturated rings. The molecule has 0 radical (unpaired) electrons. The molecular formula is C22H24F3NO3. The Labute approximate surface area is 167 Å². The zero-order valence-corrected chi connectivity index (χ0v) is 16.5. The number of carbonyl (C=O) groups excluding carboxylic acids is 1. The summed E-state index contributed by atoms with van der Waals surface area (Å²) in [7, 11) is 1.51. The van der Waals surface area contributed by atoms with E-state index in [9.17, 15) is 23.1 Å². The van der Waals surface area contributed by atoms with Crippen LogP contribution in [0.3, 0.4) is 0 Å². The average Bonchev–Trinajstić information content (AvgIpc) is 2.77. The molecule has 1 amide bonds. The molecule has 29 heavy (non-hydrogen) atoms. The highest BCUT2D eigenvalue weighted by atomic mass is 19.4. The molecule has 1 N–H and O–H groups in total. The third-order valence-corrected chi connectivity index (χ3v) is 5.16. The Morgan fingerprint density at radius 2 is 1.83 bits per heavy atom. The number of benzene rings is 2. The molecule has 3 rings (SSSR count). The standard InChI is InChI=1S/C22H24F3NO3/c1-13(2)12-26-19-6-4-5-18(22(23,24)25)17(19)11-16(20(27)21(26)28)14-7-9-15(29-3)10-8-14/h4-10,13,16,20,27H,11-12H2,1-3H3/t16-,20+/m0/s1. The molecular weight excluding hydrogens is 383 g/mol. The van der Waals surface area contributed by atoms with E-state index in [0.29, 0.717) is 11.3 Å². The van der Waals surface area contributed by atoms with Gasteiger partial charge in [0.25, 0.3) is 5.91 Å². The average molecular weight is 407 g/mol. The van der Waals surface area contributed by atoms with E-state index in [4.69, 9.17) is 4.74 Å². The fourth-order valence-corrected chi connectivity index (χ4v) is 3.79. The Morgan fingerprint density at radius 3 is 2.38 bits per heavy atom. The highest BCUT2D eigenvalue weighted by molar-refractivity contribution is 5.99. The molecule has 1 aliphatic heterocycles. The number of rotatable bonds is 4. The van der Waals surface area contributed by atoms with Gasteiger partial charge in [-0.25, -0.2) is 0 Å². The number of hydrogen-bond acceptors (Lipinski definition) is 3. The quantitative estimate of drug-likeness (QED) is 0.817. The van der Waals surface area contributed by atoms with E-state index in [1.54, 1.807) is 24.3 Å². The van der Waals surface area contributed by atoms with E-state index in [1.165, 1.54) is 24.1 Å². The summed E-state index contributed by atoms with van der Waals surface area (Å²) in [5.74, 6) is -0.780. The number of nitrogens with zero attached hydrogens (tertiary/aromatic N) is 1. The highest BCUT2D eigenvalue weighted by Gasteiger charge is 2.42. The molecule has 2 aromatic rings. The number of hydrogen-bond donors (Lipinski definition) is 1. The molecule has 0 aromatic heterocycles. The number of fused-ring (bicyclic) bond motifs is 1. The molecule has 1 heterocycles. The van der Waals surface area contributed by atoms with Gasteiger partial charge in [-0.05, 0) is 47.7 Å². The van der Waals surface area contributed by atoms with E-state index in [-0.39, 0.29) is 30.1 Å². The van der Waals surface area contributed by atoms with Gasteiger partial charge in [0.2, 0.25) is 0 Å². The van der Waals surface area contributed by atoms with Crippen LogP contribution in [0.4, 0.5) is 18.9 Å². The van der Waals surface area contributed by atoms with Gasteiger partial charge in [0, 0.05) is 18.2 Å². The van der Waals surface area contributed by atoms with Crippen molar-refractivity contribution in [1.82, 2.24) is 0 Å². The Kier molecular flexibility index (Phi) is 5.89. The van der Waals surface area contributed by atoms with Crippen molar-refractivity contribution in [2.24, 2.45) is 5.92 Å². The van der Waals surface area contributed by atoms with Crippen LogP contribution in [0, 0.1) is 5.92 Å². The second kappa shape index (κ2) is 8.06. The third kappa shape index (κ3) is 4.24. The van der Waals surface area contributed by atoms with E-state index >= 15 is 0 Å². The minimum atomic E-state index is -4.56. The van der Waals surface area contributed by atoms with E-state index in [2.05, 4.69) is 0 Å². The zero-order chi connectivity index (χ0) is 21.3. The predicted octanol–water partition coefficient (Wildman–Crippen LogP) is 4.40. The first-order chi connectivity index (χ1) is 13.6. The molecule has 2 aromatic carbocycles. The Hall–Kier alpha value is -2.54. The number of aliphatic hydroxyl groups excluding tert-OH is 1. The lowest BCUT2D eigenvalue weighted by Gasteiger charge is -2.27. The van der Waals surface area contributed by atoms with Crippen molar-refractivity contribution in [2.75, 3.05) is 18.6 Å². The number of amides is 1. The lowest BCUT2D eigenvalue weighted by molar-refractivity contribution is -0.138. The molecule has 0 unspecified atom stereocenters. The van der Waals surface area contributed by atoms with Crippen molar-refractivity contribution in [3.8, 4) is 5.75 Å². The first kappa shape index (κ1) is 21.2. The maximum atomic E-state index is 13.7. The summed E-state index contributed by atoms with van der Waals surface area (Å²) in [6.45, 7) is 3.97. The first-order valence-corrected chi connectivity index (χ1v) is 9.46. The van der Waals surface area contributed by atoms with Gasteiger partial charge in [-0.1, -0.05) is 32.0 Å². The van der Waals surface area contributed by atoms with Gasteiger partial charge in [0.05, 0.1) is 12.7 Å². The van der Waals surface area contributed by atoms with Crippen LogP contribution in [0.5, 0.6) is 5.75 Å². The Balaban J connectivity index is 2.16. The largest absolute Gasteiger partial charge is 0.497 e. The molecule has 156 valence electrons. The van der Waals surface area contributed by atoms with Gasteiger partial charge in [-0.3, -0.25) is 4.79 Å². The number of methoxy groups -OCH3 is 1. The monoisotopic (exact) mass is 407 g/mol. The van der Waals surface area contributed by atoms with Gasteiger partial charge >= 0.3 is 6.18 Å². The van der Waals surface area contributed by atoms with Crippen molar-refractivity contribution in [3.63, 3.8) is 0 Å². The molecule has 0 aliphatic carbocycles. The summed E-state index contributed by atoms with van der Waals surface area (Å²) in [5, 5.41) is 10.8. The molecule has 4 nitrogen and oxygen atoms in total. The van der Waals surface area contributed by atoms with Crippen LogP contribution < -0.4 is 9.64 Å². The van der Waals surface area contributed by atoms with Gasteiger partial charge < -0.3 is 14.7 Å². The SMILES string of the molecule is COc1ccc([C@@H]2Cc3c(cccc3C(F)(F)F)N(CC(C)C)C(=O)[C@@H]2O)cc1. The third-order valence-electron chi connectivity index (χ3n) is 5.16. The number of alkyl halides is 3. The summed E-state index contributed by atoms with van der Waals surface area (Å²) in [6, 6.07) is 10.5. The number of carbonyl (C=O) groups is 1. The van der Waals surface area contributed by atoms with Crippen molar-refractivity contribution >= 4 is 11.6 Å². The summed E-state index contributed by atoms with van der Waals surface area (Å²) in [5.41, 5.74) is 0.0603. The number of aliphatic hydroxyl groups is 1. The first-order valence-electron chi connectivity index (χ1n) is 9.46. The number of ether oxygens (including phenoxy) is 1. The van der Waals surface area contributed by atoms with Crippen LogP contribution >= 0.6 is 0 Å². The minimum absolute atomic E-state index is 0.0195. The Morgan fingerprint density at radius 1 is 1.17 bits per heavy atom. The summed E-state index contributed by atoms with van der Waals surface area (Å²) >= 11 is 0. The van der Waals surface area contributed by atoms with E-state index in [0.717, 1.165) is 6.07 Å². The summed E-state index contributed by atoms with van der Waals surface area (Å²) in [4.78, 5) is 14.4. The smallest absolute Gasteiger partial charge is 0.416 e. The molecule has 0 bridgehead atoms. The van der Waals surface area contributed by atoms with Crippen molar-refractivity contribution in [1.29, 1.82) is 0 Å². The van der Waals surface area contributed by atoms with Crippen molar-refractivity contribution in [3.05, 3.63) is 59.2 Å². The van der Waals surface area contributed by atoms with Crippen molar-refractivity contribution in [2.45, 2.75) is 38.5 Å². The molecule has 0 spiro atoms. The maximum absolute atomic E-state index is 13.7. The fraction of sp³-hybridized carbons (Fsp3) is 0.409. The van der Waals surface area contributed by atoms with Crippen LogP contribution in [0.15, 0.2) is 42.5 Å². The van der Waals surface area contributed by atoms with Crippen LogP contribution in [-0.4, -0.2) is 30.8 Å². The maximum Gasteiger partial charge on any atom is 0.416 e. The van der Waals surface area contributed by atoms with Crippen molar-refractivity contribution < 1.29 is 27.8 Å². The summed E-state index contributed by atoms with van der Waals surface area (Å²) in [6.07, 6.45) is -6.10. The highest BCUT2D eigenvalue weighted by Crippen LogP contribution is 2.42. The molecule has 1 aliphatic rings. The van der Waals surface area contributed by atoms with Gasteiger partial charge in [0.15, 0.2) is 0 Å². The predicted molar refractivity (Wildman–Crippen MR) is 104 cm³/mol. The number of halogens is 3. The lowest BCUT2D eigenvalue weighted by atomic mass is 9.86. The van der Waals surface area contributed by atoms with Crippen LogP contribution in [0.1, 0.15) is 36.5 Å².